The molecule has 2 aliphatic rings. The maximum absolute atomic E-state index is 9.97. The fourth-order valence-corrected chi connectivity index (χ4v) is 5.18. The maximum atomic E-state index is 9.97. The van der Waals surface area contributed by atoms with E-state index in [0.29, 0.717) is 27.5 Å². The Balaban J connectivity index is 1.64. The van der Waals surface area contributed by atoms with Gasteiger partial charge in [0.25, 0.3) is 0 Å². The first kappa shape index (κ1) is 19.9. The fraction of sp³-hybridized carbons (Fsp3) is 0.524. The minimum Gasteiger partial charge on any atom is -0.390 e. The third kappa shape index (κ3) is 3.39. The number of anilines is 1. The molecule has 1 saturated heterocycles. The molecule has 1 aliphatic heterocycles. The predicted molar refractivity (Wildman–Crippen MR) is 114 cm³/mol. The molecule has 2 fully saturated rings. The quantitative estimate of drug-likeness (QED) is 0.771. The lowest BCUT2D eigenvalue weighted by Gasteiger charge is -2.42. The second-order valence-corrected chi connectivity index (χ2v) is 8.82. The molecule has 1 aliphatic carbocycles. The predicted octanol–water partition coefficient (Wildman–Crippen LogP) is 4.35. The monoisotopic (exact) mass is 420 g/mol. The molecule has 3 N–H and O–H groups in total. The highest BCUT2D eigenvalue weighted by molar-refractivity contribution is 6.43. The number of rotatable bonds is 3. The molecule has 4 rings (SSSR count). The lowest BCUT2D eigenvalue weighted by molar-refractivity contribution is 0.196. The van der Waals surface area contributed by atoms with Gasteiger partial charge in [0.2, 0.25) is 0 Å². The summed E-state index contributed by atoms with van der Waals surface area (Å²) < 4.78 is 0. The number of benzene rings is 1. The number of hydrogen-bond donors (Lipinski definition) is 2. The van der Waals surface area contributed by atoms with E-state index in [-0.39, 0.29) is 12.0 Å². The van der Waals surface area contributed by atoms with E-state index in [4.69, 9.17) is 38.9 Å². The van der Waals surface area contributed by atoms with Gasteiger partial charge in [0.15, 0.2) is 5.82 Å². The highest BCUT2D eigenvalue weighted by atomic mass is 35.5. The summed E-state index contributed by atoms with van der Waals surface area (Å²) in [6.07, 6.45) is 5.74. The molecular weight excluding hydrogens is 395 g/mol. The summed E-state index contributed by atoms with van der Waals surface area (Å²) in [4.78, 5) is 11.8. The maximum Gasteiger partial charge on any atom is 0.153 e. The van der Waals surface area contributed by atoms with E-state index in [9.17, 15) is 5.11 Å². The first-order valence-corrected chi connectivity index (χ1v) is 10.6. The van der Waals surface area contributed by atoms with E-state index in [1.54, 1.807) is 6.07 Å². The van der Waals surface area contributed by atoms with Gasteiger partial charge in [-0.15, -0.1) is 0 Å². The van der Waals surface area contributed by atoms with Crippen LogP contribution in [0.2, 0.25) is 10.0 Å². The van der Waals surface area contributed by atoms with Crippen molar-refractivity contribution in [1.82, 2.24) is 9.97 Å². The number of aryl methyl sites for hydroxylation is 1. The molecule has 0 amide bonds. The second kappa shape index (κ2) is 7.79. The van der Waals surface area contributed by atoms with Gasteiger partial charge in [0.1, 0.15) is 5.69 Å². The number of nitrogens with zero attached hydrogens (tertiary/aromatic N) is 3. The van der Waals surface area contributed by atoms with Crippen molar-refractivity contribution >= 4 is 29.0 Å². The Kier molecular flexibility index (Phi) is 5.53. The van der Waals surface area contributed by atoms with Gasteiger partial charge in [-0.2, -0.15) is 0 Å². The summed E-state index contributed by atoms with van der Waals surface area (Å²) >= 11 is 12.5. The number of aliphatic hydroxyl groups excluding tert-OH is 1. The molecular formula is C21H26Cl2N4O. The average molecular weight is 421 g/mol. The van der Waals surface area contributed by atoms with Crippen molar-refractivity contribution in [1.29, 1.82) is 0 Å². The molecule has 1 atom stereocenters. The molecule has 150 valence electrons. The number of piperidine rings is 1. The van der Waals surface area contributed by atoms with Crippen molar-refractivity contribution in [2.45, 2.75) is 51.7 Å². The van der Waals surface area contributed by atoms with Crippen LogP contribution in [-0.2, 0) is 6.61 Å². The van der Waals surface area contributed by atoms with E-state index in [0.717, 1.165) is 49.4 Å². The topological polar surface area (TPSA) is 75.3 Å². The van der Waals surface area contributed by atoms with Crippen molar-refractivity contribution in [3.05, 3.63) is 39.6 Å². The summed E-state index contributed by atoms with van der Waals surface area (Å²) in [5, 5.41) is 10.9. The van der Waals surface area contributed by atoms with Crippen molar-refractivity contribution in [2.75, 3.05) is 18.0 Å². The Hall–Kier alpha value is -1.40. The van der Waals surface area contributed by atoms with Gasteiger partial charge >= 0.3 is 0 Å². The minimum atomic E-state index is -0.172. The number of nitrogens with two attached hydrogens (primary N) is 1. The van der Waals surface area contributed by atoms with E-state index in [2.05, 4.69) is 4.90 Å². The van der Waals surface area contributed by atoms with Gasteiger partial charge in [-0.05, 0) is 44.1 Å². The Morgan fingerprint density at radius 3 is 2.61 bits per heavy atom. The molecule has 2 aromatic rings. The first-order chi connectivity index (χ1) is 13.4. The molecule has 0 bridgehead atoms. The average Bonchev–Trinajstić information content (AvgIpc) is 3.04. The lowest BCUT2D eigenvalue weighted by atomic mass is 9.74. The van der Waals surface area contributed by atoms with Crippen LogP contribution in [0, 0.1) is 12.3 Å². The van der Waals surface area contributed by atoms with Crippen LogP contribution in [0.1, 0.15) is 43.5 Å². The molecule has 5 nitrogen and oxygen atoms in total. The van der Waals surface area contributed by atoms with Crippen LogP contribution in [0.3, 0.4) is 0 Å². The second-order valence-electron chi connectivity index (χ2n) is 8.04. The normalized spacial score (nSPS) is 21.5. The van der Waals surface area contributed by atoms with E-state index >= 15 is 0 Å². The van der Waals surface area contributed by atoms with Crippen LogP contribution in [0.15, 0.2) is 18.2 Å². The fourth-order valence-electron chi connectivity index (χ4n) is 4.79. The molecule has 0 unspecified atom stereocenters. The number of aliphatic hydroxyl groups is 1. The van der Waals surface area contributed by atoms with Crippen LogP contribution in [0.4, 0.5) is 5.82 Å². The Morgan fingerprint density at radius 2 is 1.96 bits per heavy atom. The first-order valence-electron chi connectivity index (χ1n) is 9.88. The standard InChI is InChI=1S/C21H26Cl2N4O/c1-13-19(14-4-2-5-15(22)18(14)23)26-16(12-28)20(25-13)27-10-8-21(9-11-27)7-3-6-17(21)24/h2,4-5,17,28H,3,6-12,24H2,1H3/t17-/m1/s1. The highest BCUT2D eigenvalue weighted by Gasteiger charge is 2.43. The van der Waals surface area contributed by atoms with E-state index in [1.807, 2.05) is 19.1 Å². The van der Waals surface area contributed by atoms with E-state index < -0.39 is 0 Å². The Labute approximate surface area is 175 Å². The van der Waals surface area contributed by atoms with Gasteiger partial charge in [-0.1, -0.05) is 41.8 Å². The van der Waals surface area contributed by atoms with Crippen LogP contribution in [0.5, 0.6) is 0 Å². The zero-order valence-corrected chi connectivity index (χ0v) is 17.6. The van der Waals surface area contributed by atoms with Crippen molar-refractivity contribution < 1.29 is 5.11 Å². The molecule has 2 heterocycles. The van der Waals surface area contributed by atoms with Crippen LogP contribution >= 0.6 is 23.2 Å². The zero-order valence-electron chi connectivity index (χ0n) is 16.1. The lowest BCUT2D eigenvalue weighted by Crippen LogP contribution is -2.47. The zero-order chi connectivity index (χ0) is 19.9. The molecule has 28 heavy (non-hydrogen) atoms. The Morgan fingerprint density at radius 1 is 1.21 bits per heavy atom. The van der Waals surface area contributed by atoms with Crippen molar-refractivity contribution in [2.24, 2.45) is 11.1 Å². The third-order valence-electron chi connectivity index (χ3n) is 6.51. The van der Waals surface area contributed by atoms with Crippen LogP contribution < -0.4 is 10.6 Å². The molecule has 0 radical (unpaired) electrons. The number of hydrogen-bond acceptors (Lipinski definition) is 5. The number of aromatic nitrogens is 2. The highest BCUT2D eigenvalue weighted by Crippen LogP contribution is 2.46. The summed E-state index contributed by atoms with van der Waals surface area (Å²) in [5.74, 6) is 0.767. The van der Waals surface area contributed by atoms with Gasteiger partial charge in [0, 0.05) is 24.7 Å². The van der Waals surface area contributed by atoms with Crippen LogP contribution in [0.25, 0.3) is 11.3 Å². The SMILES string of the molecule is Cc1nc(N2CCC3(CCC[C@H]3N)CC2)c(CO)nc1-c1cccc(Cl)c1Cl. The van der Waals surface area contributed by atoms with Crippen molar-refractivity contribution in [3.63, 3.8) is 0 Å². The Bertz CT molecular complexity index is 881. The molecule has 1 aromatic carbocycles. The summed E-state index contributed by atoms with van der Waals surface area (Å²) in [6.45, 7) is 3.54. The summed E-state index contributed by atoms with van der Waals surface area (Å²) in [6, 6.07) is 5.77. The van der Waals surface area contributed by atoms with Gasteiger partial charge in [-0.25, -0.2) is 9.97 Å². The van der Waals surface area contributed by atoms with Gasteiger partial charge in [-0.3, -0.25) is 0 Å². The molecule has 1 aromatic heterocycles. The molecule has 7 heteroatoms. The summed E-state index contributed by atoms with van der Waals surface area (Å²) in [5.41, 5.74) is 9.43. The smallest absolute Gasteiger partial charge is 0.153 e. The number of halogens is 2. The van der Waals surface area contributed by atoms with Gasteiger partial charge < -0.3 is 15.7 Å². The van der Waals surface area contributed by atoms with Crippen molar-refractivity contribution in [3.8, 4) is 11.3 Å². The van der Waals surface area contributed by atoms with Crippen LogP contribution in [-0.4, -0.2) is 34.2 Å². The largest absolute Gasteiger partial charge is 0.390 e. The van der Waals surface area contributed by atoms with Gasteiger partial charge in [0.05, 0.1) is 28.0 Å². The summed E-state index contributed by atoms with van der Waals surface area (Å²) in [7, 11) is 0. The van der Waals surface area contributed by atoms with E-state index in [1.165, 1.54) is 12.8 Å². The molecule has 1 saturated carbocycles. The molecule has 1 spiro atoms. The minimum absolute atomic E-state index is 0.172. The third-order valence-corrected chi connectivity index (χ3v) is 7.33.